The zero-order valence-corrected chi connectivity index (χ0v) is 15.6. The van der Waals surface area contributed by atoms with E-state index < -0.39 is 12.3 Å². The van der Waals surface area contributed by atoms with Gasteiger partial charge in [0.15, 0.2) is 6.23 Å². The summed E-state index contributed by atoms with van der Waals surface area (Å²) in [6, 6.07) is 9.39. The minimum atomic E-state index is -0.521. The molecule has 1 fully saturated rings. The number of cyclic esters (lactones) is 1. The van der Waals surface area contributed by atoms with E-state index in [9.17, 15) is 9.59 Å². The number of para-hydroxylation sites is 1. The minimum Gasteiger partial charge on any atom is -0.423 e. The van der Waals surface area contributed by atoms with Crippen LogP contribution in [0.3, 0.4) is 0 Å². The van der Waals surface area contributed by atoms with Crippen molar-refractivity contribution in [3.8, 4) is 0 Å². The van der Waals surface area contributed by atoms with Crippen LogP contribution < -0.4 is 4.90 Å². The van der Waals surface area contributed by atoms with E-state index in [1.54, 1.807) is 16.8 Å². The number of hydrogen-bond donors (Lipinski definition) is 0. The van der Waals surface area contributed by atoms with Crippen molar-refractivity contribution >= 4 is 17.7 Å². The smallest absolute Gasteiger partial charge is 0.416 e. The van der Waals surface area contributed by atoms with Crippen LogP contribution >= 0.6 is 0 Å². The first kappa shape index (κ1) is 19.3. The number of anilines is 1. The van der Waals surface area contributed by atoms with Gasteiger partial charge in [0.05, 0.1) is 6.54 Å². The molecule has 5 heteroatoms. The summed E-state index contributed by atoms with van der Waals surface area (Å²) in [5, 5.41) is 0. The fourth-order valence-electron chi connectivity index (χ4n) is 3.09. The third-order valence-electron chi connectivity index (χ3n) is 4.76. The van der Waals surface area contributed by atoms with Crippen LogP contribution in [0.1, 0.15) is 52.4 Å². The van der Waals surface area contributed by atoms with Crippen LogP contribution in [0.25, 0.3) is 0 Å². The number of likely N-dealkylation sites (N-methyl/N-ethyl adjacent to an activating group) is 1. The van der Waals surface area contributed by atoms with E-state index in [4.69, 9.17) is 4.74 Å². The van der Waals surface area contributed by atoms with Crippen molar-refractivity contribution in [2.75, 3.05) is 18.5 Å². The van der Waals surface area contributed by atoms with Crippen LogP contribution in [0, 0.1) is 5.92 Å². The monoisotopic (exact) mass is 346 g/mol. The second-order valence-electron chi connectivity index (χ2n) is 6.95. The van der Waals surface area contributed by atoms with Gasteiger partial charge in [-0.2, -0.15) is 0 Å². The molecule has 0 aliphatic carbocycles. The molecule has 1 aliphatic heterocycles. The van der Waals surface area contributed by atoms with Crippen LogP contribution in [0.15, 0.2) is 30.3 Å². The number of nitrogens with zero attached hydrogens (tertiary/aromatic N) is 2. The Hall–Kier alpha value is -2.04. The van der Waals surface area contributed by atoms with Crippen LogP contribution in [0.5, 0.6) is 0 Å². The molecule has 1 aliphatic rings. The number of hydrogen-bond acceptors (Lipinski definition) is 3. The van der Waals surface area contributed by atoms with Gasteiger partial charge in [0.2, 0.25) is 5.91 Å². The largest absolute Gasteiger partial charge is 0.423 e. The van der Waals surface area contributed by atoms with Crippen LogP contribution in [-0.4, -0.2) is 36.7 Å². The molecule has 25 heavy (non-hydrogen) atoms. The van der Waals surface area contributed by atoms with E-state index in [2.05, 4.69) is 13.8 Å². The Kier molecular flexibility index (Phi) is 7.29. The Morgan fingerprint density at radius 1 is 1.28 bits per heavy atom. The molecule has 0 aromatic heterocycles. The first-order valence-corrected chi connectivity index (χ1v) is 9.31. The second kappa shape index (κ2) is 9.44. The topological polar surface area (TPSA) is 49.9 Å². The number of carbonyl (C=O) groups is 2. The standard InChI is InChI=1S/C20H30N2O3/c1-4-5-6-8-11-16(2)14-18(23)21(3)19-15-22(20(24)25-19)17-12-9-7-10-13-17/h7,9-10,12-13,16,19H,4-6,8,11,14-15H2,1-3H3. The number of ether oxygens (including phenoxy) is 1. The lowest BCUT2D eigenvalue weighted by Gasteiger charge is -2.24. The Bertz CT molecular complexity index is 561. The average Bonchev–Trinajstić information content (AvgIpc) is 3.00. The molecular formula is C20H30N2O3. The lowest BCUT2D eigenvalue weighted by Crippen LogP contribution is -2.40. The first-order valence-electron chi connectivity index (χ1n) is 9.31. The molecule has 0 spiro atoms. The lowest BCUT2D eigenvalue weighted by molar-refractivity contribution is -0.137. The molecule has 0 radical (unpaired) electrons. The summed E-state index contributed by atoms with van der Waals surface area (Å²) in [7, 11) is 1.72. The van der Waals surface area contributed by atoms with E-state index in [-0.39, 0.29) is 5.91 Å². The molecule has 0 N–H and O–H groups in total. The number of benzene rings is 1. The molecule has 1 heterocycles. The number of amides is 2. The van der Waals surface area contributed by atoms with Gasteiger partial charge in [-0.1, -0.05) is 64.2 Å². The highest BCUT2D eigenvalue weighted by atomic mass is 16.6. The van der Waals surface area contributed by atoms with E-state index in [1.807, 2.05) is 30.3 Å². The average molecular weight is 346 g/mol. The molecule has 1 aromatic carbocycles. The van der Waals surface area contributed by atoms with Gasteiger partial charge in [-0.15, -0.1) is 0 Å². The Balaban J connectivity index is 1.83. The molecule has 0 bridgehead atoms. The molecule has 5 nitrogen and oxygen atoms in total. The minimum absolute atomic E-state index is 0.0377. The van der Waals surface area contributed by atoms with Gasteiger partial charge >= 0.3 is 6.09 Å². The molecule has 2 atom stereocenters. The fraction of sp³-hybridized carbons (Fsp3) is 0.600. The summed E-state index contributed by atoms with van der Waals surface area (Å²) < 4.78 is 5.40. The zero-order chi connectivity index (χ0) is 18.2. The van der Waals surface area contributed by atoms with E-state index in [1.165, 1.54) is 25.7 Å². The van der Waals surface area contributed by atoms with Gasteiger partial charge < -0.3 is 9.64 Å². The fourth-order valence-corrected chi connectivity index (χ4v) is 3.09. The number of carbonyl (C=O) groups excluding carboxylic acids is 2. The summed E-state index contributed by atoms with van der Waals surface area (Å²) in [4.78, 5) is 27.7. The van der Waals surface area contributed by atoms with Gasteiger partial charge in [-0.05, 0) is 18.1 Å². The predicted octanol–water partition coefficient (Wildman–Crippen LogP) is 4.42. The molecule has 2 amide bonds. The molecule has 1 aromatic rings. The van der Waals surface area contributed by atoms with Gasteiger partial charge in [-0.3, -0.25) is 9.69 Å². The summed E-state index contributed by atoms with van der Waals surface area (Å²) in [6.07, 6.45) is 5.54. The van der Waals surface area contributed by atoms with E-state index >= 15 is 0 Å². The third-order valence-corrected chi connectivity index (χ3v) is 4.76. The summed E-state index contributed by atoms with van der Waals surface area (Å²) in [5.74, 6) is 0.393. The normalized spacial score (nSPS) is 18.1. The molecular weight excluding hydrogens is 316 g/mol. The summed E-state index contributed by atoms with van der Waals surface area (Å²) in [5.41, 5.74) is 0.792. The van der Waals surface area contributed by atoms with E-state index in [0.29, 0.717) is 18.9 Å². The van der Waals surface area contributed by atoms with Gasteiger partial charge in [0.1, 0.15) is 0 Å². The molecule has 1 saturated heterocycles. The Labute approximate surface area is 150 Å². The maximum absolute atomic E-state index is 12.5. The SMILES string of the molecule is CCCCCCC(C)CC(=O)N(C)C1CN(c2ccccc2)C(=O)O1. The highest BCUT2D eigenvalue weighted by Gasteiger charge is 2.36. The maximum atomic E-state index is 12.5. The second-order valence-corrected chi connectivity index (χ2v) is 6.95. The van der Waals surface area contributed by atoms with Crippen molar-refractivity contribution in [2.24, 2.45) is 5.92 Å². The number of rotatable bonds is 9. The van der Waals surface area contributed by atoms with Gasteiger partial charge in [0, 0.05) is 19.2 Å². The van der Waals surface area contributed by atoms with Crippen molar-refractivity contribution < 1.29 is 14.3 Å². The van der Waals surface area contributed by atoms with Crippen molar-refractivity contribution in [2.45, 2.75) is 58.6 Å². The zero-order valence-electron chi connectivity index (χ0n) is 15.6. The quantitative estimate of drug-likeness (QED) is 0.622. The lowest BCUT2D eigenvalue weighted by atomic mass is 9.99. The summed E-state index contributed by atoms with van der Waals surface area (Å²) in [6.45, 7) is 4.69. The van der Waals surface area contributed by atoms with Crippen molar-refractivity contribution in [3.63, 3.8) is 0 Å². The van der Waals surface area contributed by atoms with Crippen LogP contribution in [-0.2, 0) is 9.53 Å². The molecule has 2 unspecified atom stereocenters. The summed E-state index contributed by atoms with van der Waals surface area (Å²) >= 11 is 0. The molecule has 0 saturated carbocycles. The van der Waals surface area contributed by atoms with Crippen LogP contribution in [0.4, 0.5) is 10.5 Å². The first-order chi connectivity index (χ1) is 12.0. The third kappa shape index (κ3) is 5.48. The predicted molar refractivity (Wildman–Crippen MR) is 99.4 cm³/mol. The van der Waals surface area contributed by atoms with Gasteiger partial charge in [0.25, 0.3) is 0 Å². The molecule has 138 valence electrons. The Morgan fingerprint density at radius 3 is 2.68 bits per heavy atom. The van der Waals surface area contributed by atoms with Crippen molar-refractivity contribution in [1.29, 1.82) is 0 Å². The van der Waals surface area contributed by atoms with Crippen molar-refractivity contribution in [3.05, 3.63) is 30.3 Å². The number of unbranched alkanes of at least 4 members (excludes halogenated alkanes) is 3. The van der Waals surface area contributed by atoms with E-state index in [0.717, 1.165) is 12.1 Å². The van der Waals surface area contributed by atoms with Crippen molar-refractivity contribution in [1.82, 2.24) is 4.90 Å². The highest BCUT2D eigenvalue weighted by Crippen LogP contribution is 2.23. The van der Waals surface area contributed by atoms with Gasteiger partial charge in [-0.25, -0.2) is 4.79 Å². The van der Waals surface area contributed by atoms with Crippen LogP contribution in [0.2, 0.25) is 0 Å². The maximum Gasteiger partial charge on any atom is 0.416 e. The Morgan fingerprint density at radius 2 is 2.00 bits per heavy atom. The molecule has 2 rings (SSSR count). The highest BCUT2D eigenvalue weighted by molar-refractivity contribution is 5.90.